The summed E-state index contributed by atoms with van der Waals surface area (Å²) < 4.78 is 61.9. The number of rotatable bonds is 4. The van der Waals surface area contributed by atoms with Gasteiger partial charge in [0.1, 0.15) is 10.8 Å². The predicted octanol–water partition coefficient (Wildman–Crippen LogP) is 2.16. The van der Waals surface area contributed by atoms with Crippen LogP contribution in [0.25, 0.3) is 0 Å². The van der Waals surface area contributed by atoms with Crippen LogP contribution in [0.2, 0.25) is 0 Å². The molecular formula is C19H18F3N3O4S. The number of carbonyl (C=O) groups is 2. The van der Waals surface area contributed by atoms with Crippen LogP contribution in [0.3, 0.4) is 0 Å². The largest absolute Gasteiger partial charge is 0.416 e. The number of primary sulfonamides is 1. The number of nitrogens with one attached hydrogen (secondary N) is 1. The van der Waals surface area contributed by atoms with Crippen LogP contribution in [0.15, 0.2) is 53.4 Å². The Morgan fingerprint density at radius 3 is 2.30 bits per heavy atom. The minimum atomic E-state index is -4.50. The Labute approximate surface area is 170 Å². The molecule has 0 aliphatic carbocycles. The number of hydrogen-bond acceptors (Lipinski definition) is 4. The molecular weight excluding hydrogens is 423 g/mol. The summed E-state index contributed by atoms with van der Waals surface area (Å²) in [6, 6.07) is 9.70. The zero-order valence-corrected chi connectivity index (χ0v) is 16.5. The van der Waals surface area contributed by atoms with E-state index in [9.17, 15) is 31.2 Å². The Hall–Kier alpha value is -2.92. The van der Waals surface area contributed by atoms with E-state index in [0.29, 0.717) is 5.56 Å². The number of likely N-dealkylation sites (tertiary alicyclic amines) is 1. The number of hydrogen-bond donors (Lipinski definition) is 2. The van der Waals surface area contributed by atoms with E-state index in [1.165, 1.54) is 48.3 Å². The van der Waals surface area contributed by atoms with Crippen LogP contribution in [0.4, 0.5) is 18.9 Å². The monoisotopic (exact) mass is 441 g/mol. The van der Waals surface area contributed by atoms with E-state index in [0.717, 1.165) is 12.1 Å². The maximum absolute atomic E-state index is 12.9. The van der Waals surface area contributed by atoms with E-state index in [1.54, 1.807) is 0 Å². The molecule has 160 valence electrons. The van der Waals surface area contributed by atoms with Gasteiger partial charge in [-0.05, 0) is 29.8 Å². The van der Waals surface area contributed by atoms with Crippen LogP contribution in [0.1, 0.15) is 17.0 Å². The quantitative estimate of drug-likeness (QED) is 0.709. The number of sulfonamides is 1. The molecule has 1 aliphatic heterocycles. The van der Waals surface area contributed by atoms with Crippen molar-refractivity contribution in [3.8, 4) is 0 Å². The summed E-state index contributed by atoms with van der Waals surface area (Å²) in [5.74, 6) is -3.23. The summed E-state index contributed by atoms with van der Waals surface area (Å²) in [7, 11) is -2.65. The van der Waals surface area contributed by atoms with Gasteiger partial charge in [0, 0.05) is 19.5 Å². The van der Waals surface area contributed by atoms with E-state index in [4.69, 9.17) is 5.14 Å². The lowest BCUT2D eigenvalue weighted by Gasteiger charge is -2.18. The Morgan fingerprint density at radius 1 is 1.13 bits per heavy atom. The van der Waals surface area contributed by atoms with Gasteiger partial charge in [0.25, 0.3) is 0 Å². The number of likely N-dealkylation sites (N-methyl/N-ethyl adjacent to an activating group) is 1. The zero-order valence-electron chi connectivity index (χ0n) is 15.7. The number of amides is 2. The van der Waals surface area contributed by atoms with Crippen molar-refractivity contribution in [1.82, 2.24) is 4.90 Å². The van der Waals surface area contributed by atoms with Gasteiger partial charge >= 0.3 is 6.18 Å². The lowest BCUT2D eigenvalue weighted by Crippen LogP contribution is -2.33. The molecule has 0 radical (unpaired) electrons. The average Bonchev–Trinajstić information content (AvgIpc) is 2.95. The van der Waals surface area contributed by atoms with Crippen LogP contribution in [-0.4, -0.2) is 38.7 Å². The number of para-hydroxylation sites is 1. The Balaban J connectivity index is 1.91. The normalized spacial score (nSPS) is 19.8. The molecule has 0 unspecified atom stereocenters. The highest BCUT2D eigenvalue weighted by Gasteiger charge is 2.44. The topological polar surface area (TPSA) is 110 Å². The Morgan fingerprint density at radius 2 is 1.73 bits per heavy atom. The van der Waals surface area contributed by atoms with Crippen molar-refractivity contribution in [2.75, 3.05) is 18.9 Å². The van der Waals surface area contributed by atoms with Crippen LogP contribution < -0.4 is 10.5 Å². The summed E-state index contributed by atoms with van der Waals surface area (Å²) >= 11 is 0. The molecule has 1 fully saturated rings. The van der Waals surface area contributed by atoms with Gasteiger partial charge in [-0.25, -0.2) is 13.6 Å². The third-order valence-corrected chi connectivity index (χ3v) is 5.88. The maximum Gasteiger partial charge on any atom is 0.416 e. The number of alkyl halides is 3. The fourth-order valence-corrected chi connectivity index (χ4v) is 4.13. The molecule has 2 amide bonds. The number of nitrogens with two attached hydrogens (primary N) is 1. The molecule has 3 rings (SSSR count). The number of benzene rings is 2. The van der Waals surface area contributed by atoms with Crippen molar-refractivity contribution in [3.05, 3.63) is 59.7 Å². The molecule has 2 atom stereocenters. The van der Waals surface area contributed by atoms with Gasteiger partial charge in [-0.1, -0.05) is 24.3 Å². The number of halogens is 3. The molecule has 7 nitrogen and oxygen atoms in total. The molecule has 2 aromatic carbocycles. The van der Waals surface area contributed by atoms with Crippen molar-refractivity contribution in [3.63, 3.8) is 0 Å². The number of anilines is 1. The first kappa shape index (κ1) is 21.8. The van der Waals surface area contributed by atoms with Crippen molar-refractivity contribution >= 4 is 27.5 Å². The smallest absolute Gasteiger partial charge is 0.344 e. The van der Waals surface area contributed by atoms with Gasteiger partial charge < -0.3 is 10.2 Å². The number of nitrogens with zero attached hydrogens (tertiary/aromatic N) is 1. The highest BCUT2D eigenvalue weighted by Crippen LogP contribution is 2.36. The van der Waals surface area contributed by atoms with Crippen LogP contribution in [0.5, 0.6) is 0 Å². The predicted molar refractivity (Wildman–Crippen MR) is 102 cm³/mol. The summed E-state index contributed by atoms with van der Waals surface area (Å²) in [6.07, 6.45) is -4.50. The lowest BCUT2D eigenvalue weighted by atomic mass is 9.87. The van der Waals surface area contributed by atoms with Crippen LogP contribution in [-0.2, 0) is 25.8 Å². The van der Waals surface area contributed by atoms with E-state index in [2.05, 4.69) is 5.32 Å². The van der Waals surface area contributed by atoms with Gasteiger partial charge in [0.05, 0.1) is 11.3 Å². The molecule has 0 spiro atoms. The van der Waals surface area contributed by atoms with Crippen molar-refractivity contribution in [1.29, 1.82) is 0 Å². The Bertz CT molecular complexity index is 1080. The van der Waals surface area contributed by atoms with Crippen molar-refractivity contribution < 1.29 is 31.2 Å². The van der Waals surface area contributed by atoms with E-state index in [-0.39, 0.29) is 17.1 Å². The average molecular weight is 441 g/mol. The molecule has 30 heavy (non-hydrogen) atoms. The fraction of sp³-hybridized carbons (Fsp3) is 0.263. The standard InChI is InChI=1S/C19H18F3N3O4S/c1-25-10-13(11-6-8-12(9-7-11)19(20,21)22)16(18(25)27)17(26)24-14-4-2-3-5-15(14)30(23,28)29/h2-9,13,16H,10H2,1H3,(H,24,26)(H2,23,28,29)/t13-,16+/m1/s1. The molecule has 1 aliphatic rings. The highest BCUT2D eigenvalue weighted by molar-refractivity contribution is 7.89. The SMILES string of the molecule is CN1C[C@H](c2ccc(C(F)(F)F)cc2)[C@@H](C(=O)Nc2ccccc2S(N)(=O)=O)C1=O. The maximum atomic E-state index is 12.9. The second-order valence-corrected chi connectivity index (χ2v) is 8.48. The number of carbonyl (C=O) groups excluding carboxylic acids is 2. The molecule has 0 aromatic heterocycles. The molecule has 3 N–H and O–H groups in total. The molecule has 0 bridgehead atoms. The summed E-state index contributed by atoms with van der Waals surface area (Å²) in [5.41, 5.74) is -0.536. The molecule has 0 saturated carbocycles. The van der Waals surface area contributed by atoms with Gasteiger partial charge in [0.15, 0.2) is 0 Å². The lowest BCUT2D eigenvalue weighted by molar-refractivity contribution is -0.138. The van der Waals surface area contributed by atoms with Crippen molar-refractivity contribution in [2.45, 2.75) is 17.0 Å². The first-order chi connectivity index (χ1) is 13.9. The molecule has 11 heteroatoms. The van der Waals surface area contributed by atoms with Gasteiger partial charge in [-0.3, -0.25) is 9.59 Å². The third kappa shape index (κ3) is 4.31. The molecule has 1 heterocycles. The van der Waals surface area contributed by atoms with E-state index in [1.807, 2.05) is 0 Å². The summed E-state index contributed by atoms with van der Waals surface area (Å²) in [4.78, 5) is 26.4. The molecule has 1 saturated heterocycles. The Kier molecular flexibility index (Phi) is 5.61. The fourth-order valence-electron chi connectivity index (χ4n) is 3.44. The highest BCUT2D eigenvalue weighted by atomic mass is 32.2. The van der Waals surface area contributed by atoms with E-state index >= 15 is 0 Å². The minimum absolute atomic E-state index is 0.0847. The summed E-state index contributed by atoms with van der Waals surface area (Å²) in [6.45, 7) is 0.124. The second kappa shape index (κ2) is 7.73. The van der Waals surface area contributed by atoms with Gasteiger partial charge in [-0.15, -0.1) is 0 Å². The van der Waals surface area contributed by atoms with Gasteiger partial charge in [-0.2, -0.15) is 13.2 Å². The second-order valence-electron chi connectivity index (χ2n) is 6.95. The first-order valence-corrected chi connectivity index (χ1v) is 10.3. The first-order valence-electron chi connectivity index (χ1n) is 8.74. The zero-order chi connectivity index (χ0) is 22.3. The molecule has 2 aromatic rings. The van der Waals surface area contributed by atoms with Gasteiger partial charge in [0.2, 0.25) is 21.8 Å². The van der Waals surface area contributed by atoms with E-state index < -0.39 is 45.4 Å². The van der Waals surface area contributed by atoms with Crippen LogP contribution in [0, 0.1) is 5.92 Å². The third-order valence-electron chi connectivity index (χ3n) is 4.92. The van der Waals surface area contributed by atoms with Crippen molar-refractivity contribution in [2.24, 2.45) is 11.1 Å². The summed E-state index contributed by atoms with van der Waals surface area (Å²) in [5, 5.41) is 7.58. The van der Waals surface area contributed by atoms with Crippen LogP contribution >= 0.6 is 0 Å². The minimum Gasteiger partial charge on any atom is -0.344 e.